The fraction of sp³-hybridized carbons (Fsp3) is 0.667. The number of nitrogens with zero attached hydrogens (tertiary/aromatic N) is 3. The number of amides is 1. The van der Waals surface area contributed by atoms with Crippen molar-refractivity contribution in [3.8, 4) is 0 Å². The molecule has 5 nitrogen and oxygen atoms in total. The molecular weight excluding hydrogens is 218 g/mol. The highest BCUT2D eigenvalue weighted by molar-refractivity contribution is 5.76. The van der Waals surface area contributed by atoms with E-state index in [9.17, 15) is 4.79 Å². The summed E-state index contributed by atoms with van der Waals surface area (Å²) in [7, 11) is 1.90. The predicted molar refractivity (Wildman–Crippen MR) is 62.6 cm³/mol. The number of aromatic nitrogens is 2. The fourth-order valence-corrected chi connectivity index (χ4v) is 2.05. The first-order valence-corrected chi connectivity index (χ1v) is 6.15. The van der Waals surface area contributed by atoms with Crippen LogP contribution < -0.4 is 4.57 Å². The molecule has 1 atom stereocenters. The molecule has 1 fully saturated rings. The average molecular weight is 238 g/mol. The van der Waals surface area contributed by atoms with Crippen LogP contribution in [0.25, 0.3) is 0 Å². The lowest BCUT2D eigenvalue weighted by Crippen LogP contribution is -2.34. The summed E-state index contributed by atoms with van der Waals surface area (Å²) in [5.41, 5.74) is 0. The average Bonchev–Trinajstić information content (AvgIpc) is 2.94. The van der Waals surface area contributed by atoms with Gasteiger partial charge in [-0.05, 0) is 12.8 Å². The van der Waals surface area contributed by atoms with Crippen LogP contribution in [0.2, 0.25) is 0 Å². The standard InChI is InChI=1S/C12H20N3O2/c1-3-8-17-11-4-5-14(9-11)12(16)15-7-6-13(2)10-15/h6-7,10-11H,3-5,8-9H2,1-2H3/q+1/t11-/m1/s1. The van der Waals surface area contributed by atoms with Gasteiger partial charge in [-0.15, -0.1) is 0 Å². The third-order valence-corrected chi connectivity index (χ3v) is 2.96. The lowest BCUT2D eigenvalue weighted by atomic mass is 10.3. The zero-order valence-corrected chi connectivity index (χ0v) is 10.5. The fourth-order valence-electron chi connectivity index (χ4n) is 2.05. The van der Waals surface area contributed by atoms with E-state index in [2.05, 4.69) is 6.92 Å². The van der Waals surface area contributed by atoms with E-state index in [-0.39, 0.29) is 12.1 Å². The zero-order chi connectivity index (χ0) is 12.3. The van der Waals surface area contributed by atoms with Crippen LogP contribution in [0.15, 0.2) is 18.7 Å². The van der Waals surface area contributed by atoms with Gasteiger partial charge in [0.2, 0.25) is 0 Å². The molecule has 2 heterocycles. The normalized spacial score (nSPS) is 19.9. The highest BCUT2D eigenvalue weighted by Gasteiger charge is 2.30. The second-order valence-electron chi connectivity index (χ2n) is 4.50. The molecule has 1 amide bonds. The van der Waals surface area contributed by atoms with E-state index < -0.39 is 0 Å². The monoisotopic (exact) mass is 238 g/mol. The number of imidazole rings is 1. The number of carbonyl (C=O) groups excluding carboxylic acids is 1. The van der Waals surface area contributed by atoms with E-state index in [1.54, 1.807) is 17.1 Å². The van der Waals surface area contributed by atoms with Crippen LogP contribution in [-0.4, -0.2) is 41.3 Å². The Bertz CT molecular complexity index is 389. The van der Waals surface area contributed by atoms with Crippen molar-refractivity contribution in [3.05, 3.63) is 18.7 Å². The van der Waals surface area contributed by atoms with E-state index >= 15 is 0 Å². The van der Waals surface area contributed by atoms with E-state index in [0.29, 0.717) is 6.54 Å². The molecule has 1 aliphatic rings. The first-order chi connectivity index (χ1) is 8.20. The first-order valence-electron chi connectivity index (χ1n) is 6.15. The third-order valence-electron chi connectivity index (χ3n) is 2.96. The van der Waals surface area contributed by atoms with Crippen molar-refractivity contribution in [1.82, 2.24) is 9.47 Å². The summed E-state index contributed by atoms with van der Waals surface area (Å²) in [4.78, 5) is 13.9. The summed E-state index contributed by atoms with van der Waals surface area (Å²) < 4.78 is 9.14. The van der Waals surface area contributed by atoms with Crippen LogP contribution in [0.3, 0.4) is 0 Å². The van der Waals surface area contributed by atoms with Gasteiger partial charge in [0.25, 0.3) is 6.33 Å². The highest BCUT2D eigenvalue weighted by atomic mass is 16.5. The van der Waals surface area contributed by atoms with Crippen LogP contribution in [0.4, 0.5) is 4.79 Å². The number of hydrogen-bond acceptors (Lipinski definition) is 2. The van der Waals surface area contributed by atoms with Gasteiger partial charge < -0.3 is 9.64 Å². The maximum atomic E-state index is 12.1. The number of carbonyl (C=O) groups is 1. The molecule has 0 saturated carbocycles. The van der Waals surface area contributed by atoms with E-state index in [0.717, 1.165) is 26.0 Å². The summed E-state index contributed by atoms with van der Waals surface area (Å²) in [6, 6.07) is 0.0354. The van der Waals surface area contributed by atoms with Crippen molar-refractivity contribution < 1.29 is 14.1 Å². The molecule has 94 valence electrons. The summed E-state index contributed by atoms with van der Waals surface area (Å²) >= 11 is 0. The van der Waals surface area contributed by atoms with Gasteiger partial charge in [0.1, 0.15) is 12.4 Å². The van der Waals surface area contributed by atoms with Crippen LogP contribution in [0.5, 0.6) is 0 Å². The van der Waals surface area contributed by atoms with Gasteiger partial charge >= 0.3 is 6.03 Å². The molecule has 0 bridgehead atoms. The molecule has 1 aromatic heterocycles. The van der Waals surface area contributed by atoms with Crippen molar-refractivity contribution in [3.63, 3.8) is 0 Å². The Morgan fingerprint density at radius 3 is 3.06 bits per heavy atom. The van der Waals surface area contributed by atoms with E-state index in [1.165, 1.54) is 0 Å². The molecule has 0 radical (unpaired) electrons. The number of ether oxygens (including phenoxy) is 1. The first kappa shape index (κ1) is 12.1. The van der Waals surface area contributed by atoms with Crippen LogP contribution in [-0.2, 0) is 11.8 Å². The number of likely N-dealkylation sites (tertiary alicyclic amines) is 1. The van der Waals surface area contributed by atoms with Gasteiger partial charge in [0, 0.05) is 13.2 Å². The van der Waals surface area contributed by atoms with E-state index in [1.807, 2.05) is 22.7 Å². The number of aryl methyl sites for hydroxylation is 1. The van der Waals surface area contributed by atoms with Gasteiger partial charge in [-0.1, -0.05) is 6.92 Å². The Balaban J connectivity index is 1.90. The summed E-state index contributed by atoms with van der Waals surface area (Å²) in [5, 5.41) is 0. The minimum absolute atomic E-state index is 0.0354. The second-order valence-corrected chi connectivity index (χ2v) is 4.50. The number of rotatable bonds is 3. The Hall–Kier alpha value is -1.36. The molecule has 1 aliphatic heterocycles. The van der Waals surface area contributed by atoms with Crippen molar-refractivity contribution in [2.45, 2.75) is 25.9 Å². The van der Waals surface area contributed by atoms with Gasteiger partial charge in [0.15, 0.2) is 0 Å². The van der Waals surface area contributed by atoms with Gasteiger partial charge in [0.05, 0.1) is 19.7 Å². The lowest BCUT2D eigenvalue weighted by molar-refractivity contribution is -0.670. The molecule has 0 spiro atoms. The number of hydrogen-bond donors (Lipinski definition) is 0. The van der Waals surface area contributed by atoms with Gasteiger partial charge in [-0.2, -0.15) is 4.57 Å². The summed E-state index contributed by atoms with van der Waals surface area (Å²) in [6.45, 7) is 4.37. The molecule has 17 heavy (non-hydrogen) atoms. The highest BCUT2D eigenvalue weighted by Crippen LogP contribution is 2.14. The molecule has 0 aliphatic carbocycles. The van der Waals surface area contributed by atoms with E-state index in [4.69, 9.17) is 4.74 Å². The largest absolute Gasteiger partial charge is 0.415 e. The Labute approximate surface area is 102 Å². The quantitative estimate of drug-likeness (QED) is 0.730. The molecule has 0 N–H and O–H groups in total. The van der Waals surface area contributed by atoms with Crippen LogP contribution in [0.1, 0.15) is 19.8 Å². The van der Waals surface area contributed by atoms with Crippen molar-refractivity contribution in [2.75, 3.05) is 19.7 Å². The molecule has 5 heteroatoms. The van der Waals surface area contributed by atoms with Gasteiger partial charge in [-0.25, -0.2) is 9.36 Å². The Morgan fingerprint density at radius 1 is 1.59 bits per heavy atom. The molecule has 2 rings (SSSR count). The summed E-state index contributed by atoms with van der Waals surface area (Å²) in [5.74, 6) is 0. The topological polar surface area (TPSA) is 38.4 Å². The second kappa shape index (κ2) is 5.31. The Morgan fingerprint density at radius 2 is 2.41 bits per heavy atom. The van der Waals surface area contributed by atoms with Crippen molar-refractivity contribution in [1.29, 1.82) is 0 Å². The zero-order valence-electron chi connectivity index (χ0n) is 10.5. The van der Waals surface area contributed by atoms with Crippen molar-refractivity contribution in [2.24, 2.45) is 7.05 Å². The molecular formula is C12H20N3O2+. The maximum Gasteiger partial charge on any atom is 0.415 e. The molecule has 0 aromatic carbocycles. The van der Waals surface area contributed by atoms with Crippen molar-refractivity contribution >= 4 is 6.03 Å². The SMILES string of the molecule is CCCO[C@@H]1CCN(C(=O)n2cc[n+](C)c2)C1. The minimum atomic E-state index is 0.0354. The van der Waals surface area contributed by atoms with Crippen LogP contribution >= 0.6 is 0 Å². The smallest absolute Gasteiger partial charge is 0.376 e. The molecule has 0 unspecified atom stereocenters. The molecule has 1 saturated heterocycles. The van der Waals surface area contributed by atoms with Crippen LogP contribution in [0, 0.1) is 0 Å². The van der Waals surface area contributed by atoms with Gasteiger partial charge in [-0.3, -0.25) is 0 Å². The summed E-state index contributed by atoms with van der Waals surface area (Å²) in [6.07, 6.45) is 7.60. The third kappa shape index (κ3) is 2.85. The molecule has 1 aromatic rings. The predicted octanol–water partition coefficient (Wildman–Crippen LogP) is 0.782. The lowest BCUT2D eigenvalue weighted by Gasteiger charge is -2.13. The Kier molecular flexibility index (Phi) is 3.78. The maximum absolute atomic E-state index is 12.1. The minimum Gasteiger partial charge on any atom is -0.376 e.